The van der Waals surface area contributed by atoms with Gasteiger partial charge in [0.25, 0.3) is 5.56 Å². The van der Waals surface area contributed by atoms with Crippen LogP contribution in [-0.2, 0) is 9.53 Å². The van der Waals surface area contributed by atoms with E-state index in [1.54, 1.807) is 51.1 Å². The molecule has 2 aromatic heterocycles. The van der Waals surface area contributed by atoms with Crippen LogP contribution in [-0.4, -0.2) is 23.2 Å². The van der Waals surface area contributed by atoms with Gasteiger partial charge in [0.1, 0.15) is 17.3 Å². The monoisotopic (exact) mass is 596 g/mol. The summed E-state index contributed by atoms with van der Waals surface area (Å²) in [7, 11) is 0. The van der Waals surface area contributed by atoms with Crippen molar-refractivity contribution in [1.29, 1.82) is 0 Å². The van der Waals surface area contributed by atoms with Gasteiger partial charge in [-0.3, -0.25) is 9.36 Å². The smallest absolute Gasteiger partial charge is 0.338 e. The zero-order valence-electron chi connectivity index (χ0n) is 22.2. The molecule has 2 aromatic carbocycles. The Morgan fingerprint density at radius 1 is 1.15 bits per heavy atom. The van der Waals surface area contributed by atoms with Crippen LogP contribution in [0.25, 0.3) is 17.4 Å². The lowest BCUT2D eigenvalue weighted by molar-refractivity contribution is -0.143. The molecule has 0 aliphatic carbocycles. The van der Waals surface area contributed by atoms with Gasteiger partial charge in [-0.1, -0.05) is 52.7 Å². The van der Waals surface area contributed by atoms with Crippen LogP contribution in [0.4, 0.5) is 0 Å². The van der Waals surface area contributed by atoms with Gasteiger partial charge in [-0.05, 0) is 69.7 Å². The number of hydrogen-bond donors (Lipinski definition) is 0. The Labute approximate surface area is 244 Å². The highest BCUT2D eigenvalue weighted by Crippen LogP contribution is 2.35. The maximum Gasteiger partial charge on any atom is 0.338 e. The lowest BCUT2D eigenvalue weighted by Gasteiger charge is -2.25. The molecule has 0 bridgehead atoms. The molecule has 0 saturated heterocycles. The van der Waals surface area contributed by atoms with Gasteiger partial charge in [0, 0.05) is 11.6 Å². The molecule has 0 radical (unpaired) electrons. The molecular formula is C30H26Cl2N2O5S. The van der Waals surface area contributed by atoms with Crippen molar-refractivity contribution in [1.82, 2.24) is 4.57 Å². The largest absolute Gasteiger partial charge is 0.494 e. The molecule has 206 valence electrons. The zero-order chi connectivity index (χ0) is 28.6. The molecule has 7 nitrogen and oxygen atoms in total. The number of fused-ring (bicyclic) bond motifs is 1. The lowest BCUT2D eigenvalue weighted by atomic mass is 9.96. The van der Waals surface area contributed by atoms with Crippen molar-refractivity contribution >= 4 is 46.6 Å². The average molecular weight is 598 g/mol. The van der Waals surface area contributed by atoms with Crippen LogP contribution in [0.5, 0.6) is 5.75 Å². The van der Waals surface area contributed by atoms with Gasteiger partial charge in [0.05, 0.1) is 44.6 Å². The first-order valence-electron chi connectivity index (χ1n) is 12.7. The SMILES string of the molecule is CCOc1ccc([C@H]2C(C(=O)OC(C)C)=C(C)N=c3s/c(=C/c4ccc(-c5cccc(Cl)c5Cl)o4)c(=O)n32)cc1. The van der Waals surface area contributed by atoms with Crippen LogP contribution in [0.1, 0.15) is 45.1 Å². The molecule has 4 aromatic rings. The van der Waals surface area contributed by atoms with Gasteiger partial charge in [0.15, 0.2) is 4.80 Å². The van der Waals surface area contributed by atoms with Crippen molar-refractivity contribution < 1.29 is 18.7 Å². The van der Waals surface area contributed by atoms with E-state index in [1.165, 1.54) is 15.9 Å². The quantitative estimate of drug-likeness (QED) is 0.239. The van der Waals surface area contributed by atoms with Crippen LogP contribution >= 0.6 is 34.5 Å². The van der Waals surface area contributed by atoms with Crippen molar-refractivity contribution in [3.63, 3.8) is 0 Å². The minimum Gasteiger partial charge on any atom is -0.494 e. The topological polar surface area (TPSA) is 83.0 Å². The van der Waals surface area contributed by atoms with E-state index in [4.69, 9.17) is 37.1 Å². The summed E-state index contributed by atoms with van der Waals surface area (Å²) in [6, 6.07) is 15.4. The number of esters is 1. The third-order valence-corrected chi connectivity index (χ3v) is 8.01. The molecule has 40 heavy (non-hydrogen) atoms. The average Bonchev–Trinajstić information content (AvgIpc) is 3.49. The maximum absolute atomic E-state index is 13.8. The van der Waals surface area contributed by atoms with Crippen molar-refractivity contribution in [2.24, 2.45) is 4.99 Å². The van der Waals surface area contributed by atoms with E-state index in [2.05, 4.69) is 4.99 Å². The van der Waals surface area contributed by atoms with Crippen LogP contribution in [0.2, 0.25) is 10.0 Å². The van der Waals surface area contributed by atoms with Crippen LogP contribution in [0, 0.1) is 0 Å². The summed E-state index contributed by atoms with van der Waals surface area (Å²) in [5.74, 6) is 1.16. The van der Waals surface area contributed by atoms with E-state index in [0.29, 0.717) is 60.1 Å². The van der Waals surface area contributed by atoms with Gasteiger partial charge in [0.2, 0.25) is 0 Å². The van der Waals surface area contributed by atoms with Crippen molar-refractivity contribution in [3.05, 3.63) is 107 Å². The standard InChI is InChI=1S/C30H26Cl2N2O5S/c1-5-37-19-11-9-18(10-12-19)27-25(29(36)38-16(2)3)17(4)33-30-34(27)28(35)24(40-30)15-20-13-14-23(39-20)21-7-6-8-22(31)26(21)32/h6-16,27H,5H2,1-4H3/b24-15+/t27-/m0/s1. The Kier molecular flexibility index (Phi) is 8.03. The zero-order valence-corrected chi connectivity index (χ0v) is 24.6. The number of benzene rings is 2. The molecule has 3 heterocycles. The third-order valence-electron chi connectivity index (χ3n) is 6.21. The number of hydrogen-bond acceptors (Lipinski definition) is 7. The Bertz CT molecular complexity index is 1800. The first kappa shape index (κ1) is 28.0. The highest BCUT2D eigenvalue weighted by Gasteiger charge is 2.33. The number of aromatic nitrogens is 1. The fourth-order valence-electron chi connectivity index (χ4n) is 4.49. The third kappa shape index (κ3) is 5.39. The maximum atomic E-state index is 13.8. The Balaban J connectivity index is 1.62. The number of nitrogens with zero attached hydrogens (tertiary/aromatic N) is 2. The van der Waals surface area contributed by atoms with Gasteiger partial charge in [-0.2, -0.15) is 0 Å². The molecule has 0 unspecified atom stereocenters. The number of carbonyl (C=O) groups excluding carboxylic acids is 1. The Hall–Kier alpha value is -3.59. The van der Waals surface area contributed by atoms with Gasteiger partial charge in [-0.15, -0.1) is 0 Å². The highest BCUT2D eigenvalue weighted by molar-refractivity contribution is 7.07. The first-order chi connectivity index (χ1) is 19.2. The van der Waals surface area contributed by atoms with E-state index in [0.717, 1.165) is 5.56 Å². The summed E-state index contributed by atoms with van der Waals surface area (Å²) < 4.78 is 19.1. The minimum atomic E-state index is -0.724. The normalized spacial score (nSPS) is 15.3. The van der Waals surface area contributed by atoms with E-state index in [9.17, 15) is 9.59 Å². The van der Waals surface area contributed by atoms with Crippen LogP contribution in [0.15, 0.2) is 80.1 Å². The van der Waals surface area contributed by atoms with Gasteiger partial charge in [-0.25, -0.2) is 9.79 Å². The number of furan rings is 1. The fraction of sp³-hybridized carbons (Fsp3) is 0.233. The molecule has 0 fully saturated rings. The van der Waals surface area contributed by atoms with Crippen LogP contribution in [0.3, 0.4) is 0 Å². The second-order valence-corrected chi connectivity index (χ2v) is 11.1. The predicted molar refractivity (Wildman–Crippen MR) is 157 cm³/mol. The summed E-state index contributed by atoms with van der Waals surface area (Å²) in [4.78, 5) is 32.2. The molecule has 5 rings (SSSR count). The number of ether oxygens (including phenoxy) is 2. The van der Waals surface area contributed by atoms with Crippen molar-refractivity contribution in [2.45, 2.75) is 39.8 Å². The van der Waals surface area contributed by atoms with E-state index >= 15 is 0 Å². The van der Waals surface area contributed by atoms with Crippen molar-refractivity contribution in [3.8, 4) is 17.1 Å². The Morgan fingerprint density at radius 3 is 2.60 bits per heavy atom. The summed E-state index contributed by atoms with van der Waals surface area (Å²) >= 11 is 13.7. The summed E-state index contributed by atoms with van der Waals surface area (Å²) in [5, 5.41) is 0.804. The molecule has 0 saturated carbocycles. The summed E-state index contributed by atoms with van der Waals surface area (Å²) in [5.41, 5.74) is 1.89. The fourth-order valence-corrected chi connectivity index (χ4v) is 5.91. The van der Waals surface area contributed by atoms with Gasteiger partial charge >= 0.3 is 5.97 Å². The lowest BCUT2D eigenvalue weighted by Crippen LogP contribution is -2.40. The van der Waals surface area contributed by atoms with E-state index in [1.807, 2.05) is 37.3 Å². The number of allylic oxidation sites excluding steroid dienone is 1. The minimum absolute atomic E-state index is 0.302. The molecule has 0 spiro atoms. The molecule has 10 heteroatoms. The number of rotatable bonds is 7. The molecule has 1 aliphatic rings. The first-order valence-corrected chi connectivity index (χ1v) is 14.3. The number of carbonyl (C=O) groups is 1. The summed E-state index contributed by atoms with van der Waals surface area (Å²) in [6.07, 6.45) is 1.33. The highest BCUT2D eigenvalue weighted by atomic mass is 35.5. The van der Waals surface area contributed by atoms with E-state index < -0.39 is 12.0 Å². The number of thiazole rings is 1. The van der Waals surface area contributed by atoms with E-state index in [-0.39, 0.29) is 11.7 Å². The molecule has 1 atom stereocenters. The van der Waals surface area contributed by atoms with Crippen LogP contribution < -0.4 is 19.6 Å². The molecular weight excluding hydrogens is 571 g/mol. The van der Waals surface area contributed by atoms with Crippen molar-refractivity contribution in [2.75, 3.05) is 6.61 Å². The summed E-state index contributed by atoms with van der Waals surface area (Å²) in [6.45, 7) is 7.75. The molecule has 0 N–H and O–H groups in total. The number of halogens is 2. The second kappa shape index (κ2) is 11.5. The molecule has 1 aliphatic heterocycles. The van der Waals surface area contributed by atoms with Gasteiger partial charge < -0.3 is 13.9 Å². The Morgan fingerprint density at radius 2 is 1.90 bits per heavy atom. The second-order valence-electron chi connectivity index (χ2n) is 9.34. The predicted octanol–water partition coefficient (Wildman–Crippen LogP) is 6.15. The molecule has 0 amide bonds.